The highest BCUT2D eigenvalue weighted by atomic mass is 16.5. The van der Waals surface area contributed by atoms with E-state index in [2.05, 4.69) is 11.4 Å². The maximum absolute atomic E-state index is 13.3. The first kappa shape index (κ1) is 21.0. The van der Waals surface area contributed by atoms with Gasteiger partial charge >= 0.3 is 5.97 Å². The van der Waals surface area contributed by atoms with Crippen LogP contribution >= 0.6 is 0 Å². The highest BCUT2D eigenvalue weighted by Gasteiger charge is 2.40. The molecule has 3 fully saturated rings. The number of aryl methyl sites for hydroxylation is 1. The summed E-state index contributed by atoms with van der Waals surface area (Å²) in [7, 11) is 0. The molecule has 0 radical (unpaired) electrons. The number of benzene rings is 1. The van der Waals surface area contributed by atoms with Crippen LogP contribution in [0, 0.1) is 18.3 Å². The Labute approximate surface area is 189 Å². The molecule has 2 unspecified atom stereocenters. The average molecular weight is 445 g/mol. The fraction of sp³-hybridized carbons (Fsp3) is 0.333. The highest BCUT2D eigenvalue weighted by molar-refractivity contribution is 5.94. The molecule has 3 saturated heterocycles. The number of carboxylic acid groups (broad SMARTS) is 1. The second-order valence-corrected chi connectivity index (χ2v) is 8.63. The van der Waals surface area contributed by atoms with E-state index < -0.39 is 11.5 Å². The van der Waals surface area contributed by atoms with Gasteiger partial charge in [-0.05, 0) is 37.6 Å². The molecular formula is C24H23N5O4. The molecule has 1 aromatic carbocycles. The molecule has 168 valence electrons. The van der Waals surface area contributed by atoms with Gasteiger partial charge < -0.3 is 20.1 Å². The molecule has 3 aromatic rings. The Kier molecular flexibility index (Phi) is 5.02. The van der Waals surface area contributed by atoms with Gasteiger partial charge in [0.05, 0.1) is 23.8 Å². The van der Waals surface area contributed by atoms with Crippen molar-refractivity contribution >= 4 is 23.1 Å². The van der Waals surface area contributed by atoms with Crippen molar-refractivity contribution in [1.82, 2.24) is 9.38 Å². The van der Waals surface area contributed by atoms with Crippen LogP contribution < -0.4 is 15.8 Å². The molecule has 3 aliphatic rings. The van der Waals surface area contributed by atoms with Crippen molar-refractivity contribution in [2.45, 2.75) is 38.5 Å². The molecule has 2 N–H and O–H groups in total. The lowest BCUT2D eigenvalue weighted by Gasteiger charge is -2.47. The van der Waals surface area contributed by atoms with E-state index in [1.165, 1.54) is 10.5 Å². The maximum atomic E-state index is 13.3. The lowest BCUT2D eigenvalue weighted by Crippen LogP contribution is -2.58. The molecule has 3 atom stereocenters. The Morgan fingerprint density at radius 3 is 2.70 bits per heavy atom. The van der Waals surface area contributed by atoms with Gasteiger partial charge in [0, 0.05) is 37.0 Å². The molecule has 9 heteroatoms. The lowest BCUT2D eigenvalue weighted by atomic mass is 9.98. The van der Waals surface area contributed by atoms with Crippen LogP contribution in [0.2, 0.25) is 0 Å². The number of ether oxygens (including phenoxy) is 1. The molecule has 0 amide bonds. The predicted molar refractivity (Wildman–Crippen MR) is 122 cm³/mol. The molecule has 33 heavy (non-hydrogen) atoms. The normalized spacial score (nSPS) is 20.1. The van der Waals surface area contributed by atoms with Crippen LogP contribution in [0.15, 0.2) is 41.3 Å². The smallest absolute Gasteiger partial charge is 0.337 e. The zero-order valence-electron chi connectivity index (χ0n) is 18.3. The Bertz CT molecular complexity index is 1360. The largest absolute Gasteiger partial charge is 0.478 e. The van der Waals surface area contributed by atoms with Gasteiger partial charge in [-0.1, -0.05) is 12.1 Å². The van der Waals surface area contributed by atoms with E-state index in [1.54, 1.807) is 24.4 Å². The summed E-state index contributed by atoms with van der Waals surface area (Å²) in [6, 6.07) is 10.3. The third-order valence-corrected chi connectivity index (χ3v) is 6.24. The van der Waals surface area contributed by atoms with Gasteiger partial charge in [0.2, 0.25) is 0 Å². The van der Waals surface area contributed by atoms with Gasteiger partial charge in [0.1, 0.15) is 11.7 Å². The van der Waals surface area contributed by atoms with Gasteiger partial charge in [-0.25, -0.2) is 9.78 Å². The Morgan fingerprint density at radius 1 is 1.33 bits per heavy atom. The SMILES string of the molecule is Cc1cc([C@@H](C)Nc2ccccc2C(=O)O)c2nc(N3CC4CC(C3)O4)c(C#N)c(=O)n2c1. The van der Waals surface area contributed by atoms with Crippen LogP contribution in [-0.4, -0.2) is 45.8 Å². The second-order valence-electron chi connectivity index (χ2n) is 8.63. The fourth-order valence-electron chi connectivity index (χ4n) is 4.68. The number of aromatic nitrogens is 2. The van der Waals surface area contributed by atoms with Crippen molar-refractivity contribution < 1.29 is 14.6 Å². The number of nitriles is 1. The van der Waals surface area contributed by atoms with Crippen molar-refractivity contribution in [2.75, 3.05) is 23.3 Å². The van der Waals surface area contributed by atoms with Gasteiger partial charge in [-0.2, -0.15) is 5.26 Å². The molecular weight excluding hydrogens is 422 g/mol. The molecule has 0 saturated carbocycles. The third-order valence-electron chi connectivity index (χ3n) is 6.24. The summed E-state index contributed by atoms with van der Waals surface area (Å²) < 4.78 is 7.11. The van der Waals surface area contributed by atoms with Crippen molar-refractivity contribution in [3.63, 3.8) is 0 Å². The van der Waals surface area contributed by atoms with Crippen LogP contribution in [0.25, 0.3) is 5.65 Å². The van der Waals surface area contributed by atoms with Gasteiger partial charge in [-0.15, -0.1) is 0 Å². The number of aromatic carboxylic acids is 1. The van der Waals surface area contributed by atoms with Gasteiger partial charge in [0.15, 0.2) is 11.4 Å². The zero-order chi connectivity index (χ0) is 23.3. The zero-order valence-corrected chi connectivity index (χ0v) is 18.3. The number of morpholine rings is 1. The van der Waals surface area contributed by atoms with Gasteiger partial charge in [0.25, 0.3) is 5.56 Å². The quantitative estimate of drug-likeness (QED) is 0.615. The minimum Gasteiger partial charge on any atom is -0.478 e. The molecule has 6 rings (SSSR count). The monoisotopic (exact) mass is 445 g/mol. The van der Waals surface area contributed by atoms with Crippen molar-refractivity contribution in [2.24, 2.45) is 0 Å². The number of nitrogens with one attached hydrogen (secondary N) is 1. The minimum absolute atomic E-state index is 0.0159. The number of pyridine rings is 1. The second kappa shape index (κ2) is 7.90. The Balaban J connectivity index is 1.63. The highest BCUT2D eigenvalue weighted by Crippen LogP contribution is 2.32. The molecule has 2 aromatic heterocycles. The lowest BCUT2D eigenvalue weighted by molar-refractivity contribution is -0.133. The number of rotatable bonds is 5. The first-order valence-electron chi connectivity index (χ1n) is 10.8. The molecule has 0 aliphatic carbocycles. The third kappa shape index (κ3) is 3.58. The van der Waals surface area contributed by atoms with E-state index in [0.29, 0.717) is 30.2 Å². The first-order valence-corrected chi connectivity index (χ1v) is 10.8. The van der Waals surface area contributed by atoms with Crippen LogP contribution in [0.3, 0.4) is 0 Å². The summed E-state index contributed by atoms with van der Waals surface area (Å²) in [4.78, 5) is 31.7. The minimum atomic E-state index is -1.03. The number of piperidine rings is 1. The van der Waals surface area contributed by atoms with E-state index in [4.69, 9.17) is 9.72 Å². The van der Waals surface area contributed by atoms with Crippen LogP contribution in [0.1, 0.15) is 46.4 Å². The number of carboxylic acids is 1. The molecule has 5 heterocycles. The molecule has 9 nitrogen and oxygen atoms in total. The predicted octanol–water partition coefficient (Wildman–Crippen LogP) is 2.72. The number of hydrogen-bond acceptors (Lipinski definition) is 7. The number of para-hydroxylation sites is 1. The molecule has 2 bridgehead atoms. The van der Waals surface area contributed by atoms with Crippen LogP contribution in [0.5, 0.6) is 0 Å². The Hall–Kier alpha value is -3.90. The summed E-state index contributed by atoms with van der Waals surface area (Å²) in [5.41, 5.74) is 2.23. The summed E-state index contributed by atoms with van der Waals surface area (Å²) in [5, 5.41) is 22.5. The van der Waals surface area contributed by atoms with E-state index >= 15 is 0 Å². The number of anilines is 2. The van der Waals surface area contributed by atoms with Crippen LogP contribution in [0.4, 0.5) is 11.5 Å². The number of nitrogens with zero attached hydrogens (tertiary/aromatic N) is 4. The summed E-state index contributed by atoms with van der Waals surface area (Å²) in [6.07, 6.45) is 2.86. The number of fused-ring (bicyclic) bond motifs is 3. The average Bonchev–Trinajstić information content (AvgIpc) is 2.78. The number of hydrogen-bond donors (Lipinski definition) is 2. The summed E-state index contributed by atoms with van der Waals surface area (Å²) in [5.74, 6) is -0.649. The first-order chi connectivity index (χ1) is 15.9. The standard InChI is InChI=1S/C24H23N5O4/c1-13-7-18(14(2)26-20-6-4-3-5-17(20)24(31)32)22-27-21(19(9-25)23(30)29(22)10-13)28-11-15-8-16(12-28)33-15/h3-7,10,14-16,26H,8,11-12H2,1-2H3,(H,31,32)/t14-,15?,16?/m1/s1. The van der Waals surface area contributed by atoms with Crippen LogP contribution in [-0.2, 0) is 4.74 Å². The Morgan fingerprint density at radius 2 is 2.03 bits per heavy atom. The number of carbonyl (C=O) groups is 1. The van der Waals surface area contributed by atoms with Crippen molar-refractivity contribution in [3.05, 3.63) is 69.1 Å². The van der Waals surface area contributed by atoms with Crippen molar-refractivity contribution in [1.29, 1.82) is 5.26 Å². The van der Waals surface area contributed by atoms with E-state index in [9.17, 15) is 20.0 Å². The molecule has 3 aliphatic heterocycles. The fourth-order valence-corrected chi connectivity index (χ4v) is 4.68. The van der Waals surface area contributed by atoms with Crippen molar-refractivity contribution in [3.8, 4) is 6.07 Å². The maximum Gasteiger partial charge on any atom is 0.337 e. The van der Waals surface area contributed by atoms with E-state index in [0.717, 1.165) is 17.5 Å². The molecule has 0 spiro atoms. The van der Waals surface area contributed by atoms with E-state index in [-0.39, 0.29) is 29.4 Å². The topological polar surface area (TPSA) is 120 Å². The summed E-state index contributed by atoms with van der Waals surface area (Å²) in [6.45, 7) is 4.94. The van der Waals surface area contributed by atoms with E-state index in [1.807, 2.05) is 24.8 Å². The summed E-state index contributed by atoms with van der Waals surface area (Å²) >= 11 is 0. The van der Waals surface area contributed by atoms with Gasteiger partial charge in [-0.3, -0.25) is 9.20 Å².